The number of rotatable bonds is 3. The third-order valence-corrected chi connectivity index (χ3v) is 9.08. The summed E-state index contributed by atoms with van der Waals surface area (Å²) in [6, 6.07) is 1.30. The molecule has 190 valence electrons. The van der Waals surface area contributed by atoms with Gasteiger partial charge in [0.1, 0.15) is 11.5 Å². The van der Waals surface area contributed by atoms with Gasteiger partial charge in [0.2, 0.25) is 0 Å². The second-order valence-electron chi connectivity index (χ2n) is 10.2. The fourth-order valence-corrected chi connectivity index (χ4v) is 6.98. The predicted octanol–water partition coefficient (Wildman–Crippen LogP) is 2.48. The Kier molecular flexibility index (Phi) is 5.07. The van der Waals surface area contributed by atoms with E-state index in [1.165, 1.54) is 12.3 Å². The number of imide groups is 1. The Morgan fingerprint density at radius 1 is 1.11 bits per heavy atom. The van der Waals surface area contributed by atoms with Gasteiger partial charge in [-0.25, -0.2) is 4.57 Å². The average Bonchev–Trinajstić information content (AvgIpc) is 3.04. The first-order chi connectivity index (χ1) is 16.5. The lowest BCUT2D eigenvalue weighted by Crippen LogP contribution is -2.62. The number of Topliss-reactive ketones (excluding diaryl/α,β-unsaturated/α-hetero) is 1. The summed E-state index contributed by atoms with van der Waals surface area (Å²) in [5, 5.41) is 2.13. The molecule has 0 radical (unpaired) electrons. The van der Waals surface area contributed by atoms with Gasteiger partial charge < -0.3 is 9.26 Å². The van der Waals surface area contributed by atoms with Crippen LogP contribution in [0.1, 0.15) is 54.0 Å². The smallest absolute Gasteiger partial charge is 0.477 e. The van der Waals surface area contributed by atoms with E-state index >= 15 is 0 Å². The van der Waals surface area contributed by atoms with Gasteiger partial charge in [-0.3, -0.25) is 33.7 Å². The van der Waals surface area contributed by atoms with E-state index in [1.54, 1.807) is 19.9 Å². The molecule has 3 unspecified atom stereocenters. The second-order valence-corrected chi connectivity index (χ2v) is 12.7. The maximum Gasteiger partial charge on any atom is 0.524 e. The first-order valence-electron chi connectivity index (χ1n) is 11.0. The summed E-state index contributed by atoms with van der Waals surface area (Å²) in [7, 11) is -6.70. The Morgan fingerprint density at radius 2 is 1.75 bits per heavy atom. The third kappa shape index (κ3) is 3.13. The molecule has 2 amide bonds. The van der Waals surface area contributed by atoms with Gasteiger partial charge in [0.15, 0.2) is 11.4 Å². The van der Waals surface area contributed by atoms with Crippen molar-refractivity contribution in [2.75, 3.05) is 6.26 Å². The van der Waals surface area contributed by atoms with E-state index in [9.17, 15) is 32.9 Å². The Hall–Kier alpha value is -2.85. The third-order valence-electron chi connectivity index (χ3n) is 7.72. The van der Waals surface area contributed by atoms with Gasteiger partial charge in [0, 0.05) is 11.7 Å². The highest BCUT2D eigenvalue weighted by molar-refractivity contribution is 7.89. The largest absolute Gasteiger partial charge is 0.524 e. The highest BCUT2D eigenvalue weighted by atomic mass is 32.2. The van der Waals surface area contributed by atoms with E-state index in [1.807, 2.05) is 26.0 Å². The molecule has 1 aromatic rings. The van der Waals surface area contributed by atoms with E-state index in [4.69, 9.17) is 9.26 Å². The molecule has 0 bridgehead atoms. The van der Waals surface area contributed by atoms with Crippen LogP contribution in [0.3, 0.4) is 0 Å². The summed E-state index contributed by atoms with van der Waals surface area (Å²) in [6.45, 7) is 7.26. The quantitative estimate of drug-likeness (QED) is 0.392. The monoisotopic (exact) mass is 533 g/mol. The van der Waals surface area contributed by atoms with E-state index in [2.05, 4.69) is 5.32 Å². The first-order valence-corrected chi connectivity index (χ1v) is 14.1. The molecule has 2 heterocycles. The van der Waals surface area contributed by atoms with Crippen LogP contribution in [0.4, 0.5) is 0 Å². The number of allylic oxidation sites excluding steroid dienone is 3. The zero-order valence-electron chi connectivity index (χ0n) is 20.1. The van der Waals surface area contributed by atoms with E-state index in [0.717, 1.165) is 5.57 Å². The van der Waals surface area contributed by atoms with Crippen LogP contribution in [-0.2, 0) is 26.6 Å². The number of carbonyl (C=O) groups excluding carboxylic acids is 3. The summed E-state index contributed by atoms with van der Waals surface area (Å²) >= 11 is 0. The van der Waals surface area contributed by atoms with Crippen molar-refractivity contribution in [3.8, 4) is 11.5 Å². The molecule has 0 fully saturated rings. The number of hydrogen-bond donors (Lipinski definition) is 3. The molecule has 36 heavy (non-hydrogen) atoms. The number of benzene rings is 1. The summed E-state index contributed by atoms with van der Waals surface area (Å²) in [6.07, 6.45) is 6.89. The van der Waals surface area contributed by atoms with Crippen molar-refractivity contribution < 1.29 is 42.2 Å². The van der Waals surface area contributed by atoms with Gasteiger partial charge in [-0.05, 0) is 50.5 Å². The van der Waals surface area contributed by atoms with Crippen LogP contribution in [0.5, 0.6) is 11.5 Å². The molecule has 10 nitrogen and oxygen atoms in total. The number of amides is 2. The molecule has 1 aromatic carbocycles. The minimum absolute atomic E-state index is 0.0483. The van der Waals surface area contributed by atoms with Crippen LogP contribution in [0, 0.1) is 10.8 Å². The number of carbonyl (C=O) groups is 3. The lowest BCUT2D eigenvalue weighted by molar-refractivity contribution is -0.124. The zero-order chi connectivity index (χ0) is 26.6. The summed E-state index contributed by atoms with van der Waals surface area (Å²) in [5.74, 6) is -2.36. The number of ketones is 1. The minimum Gasteiger partial charge on any atom is -0.477 e. The van der Waals surface area contributed by atoms with Gasteiger partial charge in [0.25, 0.3) is 11.8 Å². The Bertz CT molecular complexity index is 1480. The molecule has 0 aromatic heterocycles. The SMILES string of the molecule is CC1=CC=C2C(C)(C)C(=O)C(S(C)=O)=CC23Oc2c(cc(OP(=O)(O)O)c4c2C(=O)NC4=O)CC13C. The molecule has 0 saturated heterocycles. The van der Waals surface area contributed by atoms with Crippen LogP contribution in [-0.4, -0.2) is 43.5 Å². The van der Waals surface area contributed by atoms with Crippen LogP contribution in [0.15, 0.2) is 40.3 Å². The van der Waals surface area contributed by atoms with Gasteiger partial charge in [-0.15, -0.1) is 0 Å². The summed E-state index contributed by atoms with van der Waals surface area (Å²) in [5.41, 5.74) is -1.92. The van der Waals surface area contributed by atoms with Crippen molar-refractivity contribution in [3.05, 3.63) is 57.0 Å². The first kappa shape index (κ1) is 24.8. The van der Waals surface area contributed by atoms with E-state index in [0.29, 0.717) is 11.1 Å². The van der Waals surface area contributed by atoms with Crippen molar-refractivity contribution >= 4 is 36.2 Å². The molecular formula is C24H24NO9PS. The fraction of sp³-hybridized carbons (Fsp3) is 0.375. The van der Waals surface area contributed by atoms with Crippen LogP contribution in [0.2, 0.25) is 0 Å². The maximum atomic E-state index is 13.3. The number of hydrogen-bond acceptors (Lipinski definition) is 7. The predicted molar refractivity (Wildman–Crippen MR) is 129 cm³/mol. The minimum atomic E-state index is -5.06. The number of phosphoric ester groups is 1. The summed E-state index contributed by atoms with van der Waals surface area (Å²) < 4.78 is 35.8. The number of ether oxygens (including phenoxy) is 1. The van der Waals surface area contributed by atoms with Crippen molar-refractivity contribution in [1.29, 1.82) is 0 Å². The number of nitrogens with one attached hydrogen (secondary N) is 1. The van der Waals surface area contributed by atoms with Gasteiger partial charge >= 0.3 is 7.82 Å². The Balaban J connectivity index is 1.85. The van der Waals surface area contributed by atoms with E-state index in [-0.39, 0.29) is 34.0 Å². The van der Waals surface area contributed by atoms with Crippen LogP contribution >= 0.6 is 7.82 Å². The molecule has 0 saturated carbocycles. The van der Waals surface area contributed by atoms with Crippen molar-refractivity contribution in [2.45, 2.75) is 39.7 Å². The molecule has 2 aliphatic heterocycles. The average molecular weight is 533 g/mol. The Labute approximate surface area is 209 Å². The van der Waals surface area contributed by atoms with Crippen LogP contribution < -0.4 is 14.6 Å². The van der Waals surface area contributed by atoms with Crippen molar-refractivity contribution in [1.82, 2.24) is 5.32 Å². The molecule has 3 N–H and O–H groups in total. The lowest BCUT2D eigenvalue weighted by Gasteiger charge is -2.58. The molecule has 2 aliphatic carbocycles. The van der Waals surface area contributed by atoms with Crippen molar-refractivity contribution in [2.24, 2.45) is 10.8 Å². The van der Waals surface area contributed by atoms with Crippen molar-refractivity contribution in [3.63, 3.8) is 0 Å². The van der Waals surface area contributed by atoms with Gasteiger partial charge in [-0.2, -0.15) is 0 Å². The summed E-state index contributed by atoms with van der Waals surface area (Å²) in [4.78, 5) is 57.7. The van der Waals surface area contributed by atoms with E-state index < -0.39 is 52.6 Å². The molecule has 4 aliphatic rings. The standard InChI is InChI=1S/C24H24NO9PS/c1-11-6-7-15-22(2,3)19(26)14(36(5)32)10-24(15)23(11,4)9-12-8-13(34-35(29,30)31)16-17(18(12)33-24)21(28)25-20(16)27/h6-8,10H,9H2,1-5H3,(H,25,27,28)(H2,29,30,31). The fourth-order valence-electron chi connectivity index (χ4n) is 5.73. The second kappa shape index (κ2) is 7.35. The highest BCUT2D eigenvalue weighted by Gasteiger charge is 2.64. The molecule has 1 spiro atoms. The molecule has 5 rings (SSSR count). The van der Waals surface area contributed by atoms with Gasteiger partial charge in [-0.1, -0.05) is 24.6 Å². The normalized spacial score (nSPS) is 28.9. The van der Waals surface area contributed by atoms with Crippen LogP contribution in [0.25, 0.3) is 0 Å². The Morgan fingerprint density at radius 3 is 2.36 bits per heavy atom. The highest BCUT2D eigenvalue weighted by Crippen LogP contribution is 2.62. The number of fused-ring (bicyclic) bond motifs is 3. The molecule has 12 heteroatoms. The molecule has 3 atom stereocenters. The van der Waals surface area contributed by atoms with Gasteiger partial charge in [0.05, 0.1) is 32.2 Å². The molecular weight excluding hydrogens is 509 g/mol. The maximum absolute atomic E-state index is 13.3. The lowest BCUT2D eigenvalue weighted by atomic mass is 9.52. The number of phosphoric acid groups is 1. The zero-order valence-corrected chi connectivity index (χ0v) is 21.8. The topological polar surface area (TPSA) is 156 Å².